The van der Waals surface area contributed by atoms with Gasteiger partial charge < -0.3 is 10.1 Å². The second kappa shape index (κ2) is 5.70. The summed E-state index contributed by atoms with van der Waals surface area (Å²) < 4.78 is 32.7. The van der Waals surface area contributed by atoms with Gasteiger partial charge >= 0.3 is 6.03 Å². The van der Waals surface area contributed by atoms with Gasteiger partial charge in [-0.3, -0.25) is 10.1 Å². The quantitative estimate of drug-likeness (QED) is 0.760. The molecule has 1 aliphatic carbocycles. The van der Waals surface area contributed by atoms with E-state index in [0.717, 1.165) is 12.8 Å². The van der Waals surface area contributed by atoms with Crippen LogP contribution in [-0.4, -0.2) is 49.4 Å². The van der Waals surface area contributed by atoms with Gasteiger partial charge in [0.25, 0.3) is 5.91 Å². The number of rotatable bonds is 4. The van der Waals surface area contributed by atoms with Crippen LogP contribution in [0.3, 0.4) is 0 Å². The van der Waals surface area contributed by atoms with Gasteiger partial charge in [-0.25, -0.2) is 13.2 Å². The lowest BCUT2D eigenvalue weighted by Gasteiger charge is -2.37. The van der Waals surface area contributed by atoms with Crippen molar-refractivity contribution in [3.8, 4) is 5.75 Å². The predicted molar refractivity (Wildman–Crippen MR) is 87.5 cm³/mol. The van der Waals surface area contributed by atoms with E-state index in [4.69, 9.17) is 4.74 Å². The second-order valence-electron chi connectivity index (χ2n) is 6.72. The Kier molecular flexibility index (Phi) is 3.73. The molecule has 1 aromatic carbocycles. The Morgan fingerprint density at radius 1 is 1.16 bits per heavy atom. The molecule has 2 aliphatic heterocycles. The second-order valence-corrected chi connectivity index (χ2v) is 8.66. The first-order valence-electron chi connectivity index (χ1n) is 8.30. The molecule has 1 spiro atoms. The minimum atomic E-state index is -3.75. The lowest BCUT2D eigenvalue weighted by atomic mass is 9.90. The third-order valence-electron chi connectivity index (χ3n) is 4.76. The molecule has 0 radical (unpaired) electrons. The summed E-state index contributed by atoms with van der Waals surface area (Å²) in [7, 11) is -3.75. The number of hydrogen-bond acceptors (Lipinski definition) is 5. The van der Waals surface area contributed by atoms with Crippen molar-refractivity contribution in [1.82, 2.24) is 14.9 Å². The molecule has 3 amide bonds. The molecule has 2 N–H and O–H groups in total. The number of nitrogens with one attached hydrogen (secondary N) is 2. The van der Waals surface area contributed by atoms with E-state index in [1.54, 1.807) is 12.1 Å². The fourth-order valence-electron chi connectivity index (χ4n) is 3.25. The van der Waals surface area contributed by atoms with E-state index in [9.17, 15) is 18.0 Å². The van der Waals surface area contributed by atoms with Gasteiger partial charge in [-0.2, -0.15) is 4.31 Å². The summed E-state index contributed by atoms with van der Waals surface area (Å²) in [5.41, 5.74) is -1.17. The Morgan fingerprint density at radius 3 is 2.48 bits per heavy atom. The Balaban J connectivity index is 1.54. The van der Waals surface area contributed by atoms with Crippen molar-refractivity contribution in [1.29, 1.82) is 0 Å². The highest BCUT2D eigenvalue weighted by Crippen LogP contribution is 2.30. The molecule has 0 bridgehead atoms. The van der Waals surface area contributed by atoms with E-state index in [0.29, 0.717) is 25.1 Å². The van der Waals surface area contributed by atoms with E-state index in [1.165, 1.54) is 16.4 Å². The van der Waals surface area contributed by atoms with Crippen molar-refractivity contribution in [3.63, 3.8) is 0 Å². The predicted octanol–water partition coefficient (Wildman–Crippen LogP) is 0.590. The number of carbonyl (C=O) groups excluding carboxylic acids is 2. The minimum Gasteiger partial charge on any atom is -0.490 e. The number of benzene rings is 1. The molecule has 3 aliphatic rings. The van der Waals surface area contributed by atoms with Crippen LogP contribution < -0.4 is 15.4 Å². The summed E-state index contributed by atoms with van der Waals surface area (Å²) in [6.07, 6.45) is 3.22. The van der Waals surface area contributed by atoms with Crippen molar-refractivity contribution >= 4 is 22.0 Å². The Morgan fingerprint density at radius 2 is 1.88 bits per heavy atom. The lowest BCUT2D eigenvalue weighted by molar-refractivity contribution is -0.125. The zero-order valence-electron chi connectivity index (χ0n) is 13.5. The summed E-state index contributed by atoms with van der Waals surface area (Å²) in [6.45, 7) is 0.251. The van der Waals surface area contributed by atoms with Crippen LogP contribution in [0, 0.1) is 0 Å². The number of urea groups is 1. The van der Waals surface area contributed by atoms with Gasteiger partial charge in [0.2, 0.25) is 10.0 Å². The average Bonchev–Trinajstić information content (AvgIpc) is 3.34. The zero-order valence-corrected chi connectivity index (χ0v) is 14.3. The molecule has 2 saturated heterocycles. The van der Waals surface area contributed by atoms with Gasteiger partial charge in [-0.05, 0) is 49.9 Å². The van der Waals surface area contributed by atoms with Crippen LogP contribution >= 0.6 is 0 Å². The number of carbonyl (C=O) groups is 2. The lowest BCUT2D eigenvalue weighted by Crippen LogP contribution is -2.59. The van der Waals surface area contributed by atoms with Crippen LogP contribution in [0.15, 0.2) is 29.2 Å². The highest BCUT2D eigenvalue weighted by Gasteiger charge is 2.50. The molecule has 4 rings (SSSR count). The highest BCUT2D eigenvalue weighted by atomic mass is 32.2. The van der Waals surface area contributed by atoms with E-state index in [1.807, 2.05) is 0 Å². The Labute approximate surface area is 145 Å². The highest BCUT2D eigenvalue weighted by molar-refractivity contribution is 7.89. The molecule has 1 atom stereocenters. The number of nitrogens with zero attached hydrogens (tertiary/aromatic N) is 1. The van der Waals surface area contributed by atoms with Crippen LogP contribution in [0.25, 0.3) is 0 Å². The molecule has 25 heavy (non-hydrogen) atoms. The van der Waals surface area contributed by atoms with E-state index in [-0.39, 0.29) is 17.5 Å². The minimum absolute atomic E-state index is 0.0623. The number of hydrogen-bond donors (Lipinski definition) is 2. The van der Waals surface area contributed by atoms with Crippen molar-refractivity contribution in [3.05, 3.63) is 24.3 Å². The van der Waals surface area contributed by atoms with Gasteiger partial charge in [-0.1, -0.05) is 0 Å². The van der Waals surface area contributed by atoms with Crippen LogP contribution in [0.4, 0.5) is 4.79 Å². The topological polar surface area (TPSA) is 105 Å². The first-order valence-corrected chi connectivity index (χ1v) is 9.74. The number of sulfonamides is 1. The van der Waals surface area contributed by atoms with Gasteiger partial charge in [-0.15, -0.1) is 0 Å². The molecular weight excluding hydrogens is 346 g/mol. The van der Waals surface area contributed by atoms with Gasteiger partial charge in [0.05, 0.1) is 11.0 Å². The van der Waals surface area contributed by atoms with Gasteiger partial charge in [0.1, 0.15) is 11.3 Å². The maximum atomic E-state index is 12.9. The average molecular weight is 365 g/mol. The summed E-state index contributed by atoms with van der Waals surface area (Å²) in [5, 5.41) is 4.78. The van der Waals surface area contributed by atoms with Crippen molar-refractivity contribution in [2.45, 2.75) is 42.2 Å². The van der Waals surface area contributed by atoms with Crippen LogP contribution in [0.1, 0.15) is 25.7 Å². The van der Waals surface area contributed by atoms with Crippen molar-refractivity contribution < 1.29 is 22.7 Å². The molecule has 1 aromatic rings. The Bertz CT molecular complexity index is 819. The van der Waals surface area contributed by atoms with Crippen LogP contribution in [-0.2, 0) is 14.8 Å². The number of ether oxygens (including phenoxy) is 1. The van der Waals surface area contributed by atoms with Crippen LogP contribution in [0.5, 0.6) is 5.75 Å². The number of piperidine rings is 1. The zero-order chi connectivity index (χ0) is 17.7. The molecule has 3 fully saturated rings. The number of imide groups is 1. The summed E-state index contributed by atoms with van der Waals surface area (Å²) >= 11 is 0. The first-order chi connectivity index (χ1) is 11.9. The van der Waals surface area contributed by atoms with Crippen molar-refractivity contribution in [2.75, 3.05) is 13.1 Å². The third-order valence-corrected chi connectivity index (χ3v) is 6.62. The normalized spacial score (nSPS) is 27.2. The summed E-state index contributed by atoms with van der Waals surface area (Å²) in [6, 6.07) is 5.75. The maximum Gasteiger partial charge on any atom is 0.322 e. The van der Waals surface area contributed by atoms with E-state index in [2.05, 4.69) is 10.6 Å². The summed E-state index contributed by atoms with van der Waals surface area (Å²) in [5.74, 6) is 0.185. The smallest absolute Gasteiger partial charge is 0.322 e. The molecular formula is C16H19N3O5S. The van der Waals surface area contributed by atoms with Crippen molar-refractivity contribution in [2.24, 2.45) is 0 Å². The van der Waals surface area contributed by atoms with Crippen LogP contribution in [0.2, 0.25) is 0 Å². The first kappa shape index (κ1) is 16.3. The van der Waals surface area contributed by atoms with E-state index >= 15 is 0 Å². The standard InChI is InChI=1S/C16H19N3O5S/c20-14-16(18-15(21)17-14)8-1-9-19(10-16)25(22,23)13-6-4-12(5-7-13)24-11-2-3-11/h4-7,11H,1-3,8-10H2,(H2,17,18,20,21). The molecule has 1 saturated carbocycles. The maximum absolute atomic E-state index is 12.9. The number of amides is 3. The molecule has 8 nitrogen and oxygen atoms in total. The Hall–Kier alpha value is -2.13. The van der Waals surface area contributed by atoms with Gasteiger partial charge in [0, 0.05) is 13.1 Å². The molecule has 9 heteroatoms. The monoisotopic (exact) mass is 365 g/mol. The van der Waals surface area contributed by atoms with E-state index < -0.39 is 27.5 Å². The fraction of sp³-hybridized carbons (Fsp3) is 0.500. The third kappa shape index (κ3) is 2.98. The molecule has 2 heterocycles. The molecule has 1 unspecified atom stereocenters. The van der Waals surface area contributed by atoms with Gasteiger partial charge in [0.15, 0.2) is 0 Å². The fourth-order valence-corrected chi connectivity index (χ4v) is 4.79. The SMILES string of the molecule is O=C1NC(=O)C2(CCCN(S(=O)(=O)c3ccc(OC4CC4)cc3)C2)N1. The molecule has 0 aromatic heterocycles. The largest absolute Gasteiger partial charge is 0.490 e. The summed E-state index contributed by atoms with van der Waals surface area (Å²) in [4.78, 5) is 23.7. The molecule has 134 valence electrons.